The maximum Gasteiger partial charge on any atom is 0.261 e. The summed E-state index contributed by atoms with van der Waals surface area (Å²) in [4.78, 5) is 26.1. The van der Waals surface area contributed by atoms with Gasteiger partial charge in [0.2, 0.25) is 0 Å². The molecule has 0 bridgehead atoms. The second-order valence-corrected chi connectivity index (χ2v) is 9.21. The van der Waals surface area contributed by atoms with E-state index in [0.29, 0.717) is 16.8 Å². The molecule has 3 aromatic rings. The van der Waals surface area contributed by atoms with E-state index in [9.17, 15) is 18.0 Å². The van der Waals surface area contributed by atoms with Gasteiger partial charge in [0.05, 0.1) is 10.6 Å². The van der Waals surface area contributed by atoms with Crippen LogP contribution in [0, 0.1) is 6.92 Å². The van der Waals surface area contributed by atoms with E-state index in [0.717, 1.165) is 11.1 Å². The number of rotatable bonds is 7. The first-order chi connectivity index (χ1) is 15.2. The summed E-state index contributed by atoms with van der Waals surface area (Å²) in [5, 5.41) is 2.79. The lowest BCUT2D eigenvalue weighted by Crippen LogP contribution is -2.24. The van der Waals surface area contributed by atoms with Crippen LogP contribution in [0.25, 0.3) is 0 Å². The van der Waals surface area contributed by atoms with Gasteiger partial charge in [-0.25, -0.2) is 8.42 Å². The minimum Gasteiger partial charge on any atom is -0.348 e. The predicted molar refractivity (Wildman–Crippen MR) is 124 cm³/mol. The molecule has 0 saturated carbocycles. The molecule has 32 heavy (non-hydrogen) atoms. The second-order valence-electron chi connectivity index (χ2n) is 7.53. The highest BCUT2D eigenvalue weighted by Gasteiger charge is 2.16. The van der Waals surface area contributed by atoms with Crippen molar-refractivity contribution in [2.24, 2.45) is 0 Å². The Labute approximate surface area is 188 Å². The summed E-state index contributed by atoms with van der Waals surface area (Å²) < 4.78 is 27.8. The Hall–Kier alpha value is -3.65. The molecule has 3 aromatic carbocycles. The van der Waals surface area contributed by atoms with Crippen molar-refractivity contribution in [2.75, 3.05) is 18.8 Å². The van der Waals surface area contributed by atoms with Crippen LogP contribution in [-0.2, 0) is 16.6 Å². The SMILES string of the molecule is Cc1ccccc1NS(=O)(=O)c1ccc(C(=O)NCc2cccc(C(=O)N(C)C)c2)cc1. The van der Waals surface area contributed by atoms with Crippen molar-refractivity contribution in [3.8, 4) is 0 Å². The van der Waals surface area contributed by atoms with E-state index < -0.39 is 10.0 Å². The van der Waals surface area contributed by atoms with Crippen LogP contribution in [0.2, 0.25) is 0 Å². The van der Waals surface area contributed by atoms with Crippen LogP contribution in [0.3, 0.4) is 0 Å². The molecule has 0 fully saturated rings. The van der Waals surface area contributed by atoms with E-state index in [1.807, 2.05) is 25.1 Å². The number of carbonyl (C=O) groups excluding carboxylic acids is 2. The molecule has 0 saturated heterocycles. The number of hydrogen-bond donors (Lipinski definition) is 2. The van der Waals surface area contributed by atoms with Gasteiger partial charge in [-0.05, 0) is 60.5 Å². The van der Waals surface area contributed by atoms with Gasteiger partial charge >= 0.3 is 0 Å². The zero-order valence-corrected chi connectivity index (χ0v) is 18.9. The monoisotopic (exact) mass is 451 g/mol. The Morgan fingerprint density at radius 3 is 2.22 bits per heavy atom. The van der Waals surface area contributed by atoms with E-state index in [4.69, 9.17) is 0 Å². The third-order valence-electron chi connectivity index (χ3n) is 4.85. The lowest BCUT2D eigenvalue weighted by atomic mass is 10.1. The minimum atomic E-state index is -3.77. The van der Waals surface area contributed by atoms with Crippen LogP contribution in [0.1, 0.15) is 31.8 Å². The number of anilines is 1. The molecule has 0 aliphatic heterocycles. The third-order valence-corrected chi connectivity index (χ3v) is 6.23. The van der Waals surface area contributed by atoms with E-state index in [2.05, 4.69) is 10.0 Å². The highest BCUT2D eigenvalue weighted by molar-refractivity contribution is 7.92. The topological polar surface area (TPSA) is 95.6 Å². The molecule has 7 nitrogen and oxygen atoms in total. The van der Waals surface area contributed by atoms with E-state index >= 15 is 0 Å². The molecule has 0 aliphatic rings. The van der Waals surface area contributed by atoms with Gasteiger partial charge in [0.1, 0.15) is 0 Å². The van der Waals surface area contributed by atoms with Gasteiger partial charge in [-0.2, -0.15) is 0 Å². The highest BCUT2D eigenvalue weighted by atomic mass is 32.2. The lowest BCUT2D eigenvalue weighted by molar-refractivity contribution is 0.0827. The summed E-state index contributed by atoms with van der Waals surface area (Å²) in [6.45, 7) is 2.06. The Morgan fingerprint density at radius 2 is 1.56 bits per heavy atom. The van der Waals surface area contributed by atoms with Gasteiger partial charge in [0, 0.05) is 31.8 Å². The van der Waals surface area contributed by atoms with Gasteiger partial charge in [-0.3, -0.25) is 14.3 Å². The van der Waals surface area contributed by atoms with Crippen molar-refractivity contribution in [1.82, 2.24) is 10.2 Å². The fourth-order valence-corrected chi connectivity index (χ4v) is 4.16. The predicted octanol–water partition coefficient (Wildman–Crippen LogP) is 3.43. The maximum atomic E-state index is 12.6. The molecule has 0 radical (unpaired) electrons. The molecule has 0 aliphatic carbocycles. The molecule has 166 valence electrons. The zero-order valence-electron chi connectivity index (χ0n) is 18.1. The largest absolute Gasteiger partial charge is 0.348 e. The third kappa shape index (κ3) is 5.53. The van der Waals surface area contributed by atoms with Gasteiger partial charge in [0.15, 0.2) is 0 Å². The number of nitrogens with one attached hydrogen (secondary N) is 2. The minimum absolute atomic E-state index is 0.0622. The van der Waals surface area contributed by atoms with Gasteiger partial charge in [-0.15, -0.1) is 0 Å². The number of para-hydroxylation sites is 1. The Balaban J connectivity index is 1.66. The van der Waals surface area contributed by atoms with Crippen LogP contribution >= 0.6 is 0 Å². The Bertz CT molecular complexity index is 1240. The quantitative estimate of drug-likeness (QED) is 0.575. The van der Waals surface area contributed by atoms with Crippen molar-refractivity contribution in [3.63, 3.8) is 0 Å². The van der Waals surface area contributed by atoms with Crippen molar-refractivity contribution in [3.05, 3.63) is 95.1 Å². The molecular formula is C24H25N3O4S. The standard InChI is InChI=1S/C24H25N3O4S/c1-17-7-4-5-10-22(17)26-32(30,31)21-13-11-19(12-14-21)23(28)25-16-18-8-6-9-20(15-18)24(29)27(2)3/h4-15,26H,16H2,1-3H3,(H,25,28). The molecule has 3 rings (SSSR count). The van der Waals surface area contributed by atoms with E-state index in [1.165, 1.54) is 29.2 Å². The highest BCUT2D eigenvalue weighted by Crippen LogP contribution is 2.19. The van der Waals surface area contributed by atoms with Crippen LogP contribution in [0.4, 0.5) is 5.69 Å². The molecule has 2 N–H and O–H groups in total. The fraction of sp³-hybridized carbons (Fsp3) is 0.167. The van der Waals surface area contributed by atoms with Crippen LogP contribution in [0.15, 0.2) is 77.7 Å². The first-order valence-electron chi connectivity index (χ1n) is 9.95. The molecule has 8 heteroatoms. The fourth-order valence-electron chi connectivity index (χ4n) is 3.03. The van der Waals surface area contributed by atoms with E-state index in [-0.39, 0.29) is 23.3 Å². The summed E-state index contributed by atoms with van der Waals surface area (Å²) in [6, 6.07) is 19.8. The molecule has 0 aromatic heterocycles. The maximum absolute atomic E-state index is 12.6. The lowest BCUT2D eigenvalue weighted by Gasteiger charge is -2.12. The Kier molecular flexibility index (Phi) is 6.95. The molecule has 0 atom stereocenters. The molecule has 2 amide bonds. The molecule has 0 spiro atoms. The van der Waals surface area contributed by atoms with E-state index in [1.54, 1.807) is 44.4 Å². The summed E-state index contributed by atoms with van der Waals surface area (Å²) in [7, 11) is -0.416. The average molecular weight is 452 g/mol. The average Bonchev–Trinajstić information content (AvgIpc) is 2.78. The molecule has 0 heterocycles. The van der Waals surface area contributed by atoms with Crippen LogP contribution in [0.5, 0.6) is 0 Å². The zero-order chi connectivity index (χ0) is 23.3. The summed E-state index contributed by atoms with van der Waals surface area (Å²) in [5.41, 5.74) is 2.97. The second kappa shape index (κ2) is 9.65. The van der Waals surface area contributed by atoms with Crippen LogP contribution < -0.4 is 10.0 Å². The Morgan fingerprint density at radius 1 is 0.875 bits per heavy atom. The number of sulfonamides is 1. The summed E-state index contributed by atoms with van der Waals surface area (Å²) >= 11 is 0. The first kappa shape index (κ1) is 23.0. The van der Waals surface area contributed by atoms with Gasteiger partial charge in [-0.1, -0.05) is 30.3 Å². The number of aryl methyl sites for hydroxylation is 1. The number of amides is 2. The van der Waals surface area contributed by atoms with Crippen molar-refractivity contribution in [2.45, 2.75) is 18.4 Å². The van der Waals surface area contributed by atoms with Gasteiger partial charge in [0.25, 0.3) is 21.8 Å². The summed E-state index contributed by atoms with van der Waals surface area (Å²) in [5.74, 6) is -0.459. The summed E-state index contributed by atoms with van der Waals surface area (Å²) in [6.07, 6.45) is 0. The van der Waals surface area contributed by atoms with Crippen LogP contribution in [-0.4, -0.2) is 39.2 Å². The van der Waals surface area contributed by atoms with Crippen molar-refractivity contribution >= 4 is 27.5 Å². The number of nitrogens with zero attached hydrogens (tertiary/aromatic N) is 1. The van der Waals surface area contributed by atoms with Gasteiger partial charge < -0.3 is 10.2 Å². The van der Waals surface area contributed by atoms with Crippen molar-refractivity contribution < 1.29 is 18.0 Å². The number of benzene rings is 3. The number of hydrogen-bond acceptors (Lipinski definition) is 4. The smallest absolute Gasteiger partial charge is 0.261 e. The molecule has 0 unspecified atom stereocenters. The van der Waals surface area contributed by atoms with Crippen molar-refractivity contribution in [1.29, 1.82) is 0 Å². The first-order valence-corrected chi connectivity index (χ1v) is 11.4. The normalized spacial score (nSPS) is 11.0. The molecular weight excluding hydrogens is 426 g/mol. The number of carbonyl (C=O) groups is 2.